The highest BCUT2D eigenvalue weighted by Crippen LogP contribution is 2.14. The number of aromatic amines is 1. The Labute approximate surface area is 102 Å². The summed E-state index contributed by atoms with van der Waals surface area (Å²) < 4.78 is 0. The summed E-state index contributed by atoms with van der Waals surface area (Å²) in [6.45, 7) is 5.20. The first-order valence-corrected chi connectivity index (χ1v) is 6.09. The van der Waals surface area contributed by atoms with Crippen LogP contribution in [0, 0.1) is 0 Å². The Bertz CT molecular complexity index is 431. The molecular formula is C14H19N3. The van der Waals surface area contributed by atoms with Crippen molar-refractivity contribution >= 4 is 0 Å². The van der Waals surface area contributed by atoms with Crippen LogP contribution in [0.2, 0.25) is 0 Å². The summed E-state index contributed by atoms with van der Waals surface area (Å²) in [5.41, 5.74) is 3.89. The van der Waals surface area contributed by atoms with Crippen molar-refractivity contribution in [3.8, 4) is 0 Å². The van der Waals surface area contributed by atoms with E-state index in [-0.39, 0.29) is 0 Å². The van der Waals surface area contributed by atoms with Crippen LogP contribution in [0.4, 0.5) is 0 Å². The average Bonchev–Trinajstić information content (AvgIpc) is 2.89. The van der Waals surface area contributed by atoms with Crippen molar-refractivity contribution in [2.75, 3.05) is 0 Å². The maximum Gasteiger partial charge on any atom is 0.0532 e. The van der Waals surface area contributed by atoms with E-state index in [1.54, 1.807) is 0 Å². The van der Waals surface area contributed by atoms with Gasteiger partial charge in [-0.1, -0.05) is 31.2 Å². The smallest absolute Gasteiger partial charge is 0.0532 e. The molecule has 1 heterocycles. The molecule has 1 aromatic carbocycles. The molecule has 3 nitrogen and oxygen atoms in total. The molecule has 17 heavy (non-hydrogen) atoms. The normalized spacial score (nSPS) is 12.6. The topological polar surface area (TPSA) is 40.7 Å². The van der Waals surface area contributed by atoms with Gasteiger partial charge in [-0.15, -0.1) is 0 Å². The van der Waals surface area contributed by atoms with Gasteiger partial charge in [-0.05, 0) is 24.5 Å². The van der Waals surface area contributed by atoms with Gasteiger partial charge in [0.05, 0.1) is 6.20 Å². The molecule has 0 aliphatic heterocycles. The monoisotopic (exact) mass is 229 g/mol. The van der Waals surface area contributed by atoms with Gasteiger partial charge in [0.1, 0.15) is 0 Å². The number of hydrogen-bond acceptors (Lipinski definition) is 2. The van der Waals surface area contributed by atoms with Crippen LogP contribution < -0.4 is 5.32 Å². The number of rotatable bonds is 5. The molecule has 0 saturated carbocycles. The van der Waals surface area contributed by atoms with E-state index in [4.69, 9.17) is 0 Å². The predicted molar refractivity (Wildman–Crippen MR) is 69.7 cm³/mol. The van der Waals surface area contributed by atoms with E-state index < -0.39 is 0 Å². The molecule has 0 radical (unpaired) electrons. The minimum Gasteiger partial charge on any atom is -0.306 e. The summed E-state index contributed by atoms with van der Waals surface area (Å²) >= 11 is 0. The molecule has 0 saturated heterocycles. The number of aromatic nitrogens is 2. The van der Waals surface area contributed by atoms with Crippen LogP contribution in [0.15, 0.2) is 36.7 Å². The second-order valence-electron chi connectivity index (χ2n) is 4.30. The molecule has 0 fully saturated rings. The minimum absolute atomic E-state index is 0.357. The van der Waals surface area contributed by atoms with E-state index in [0.717, 1.165) is 13.0 Å². The molecule has 1 aromatic heterocycles. The maximum absolute atomic E-state index is 3.93. The molecule has 1 atom stereocenters. The minimum atomic E-state index is 0.357. The molecule has 90 valence electrons. The summed E-state index contributed by atoms with van der Waals surface area (Å²) in [5.74, 6) is 0. The number of benzene rings is 1. The van der Waals surface area contributed by atoms with Crippen molar-refractivity contribution in [2.45, 2.75) is 32.9 Å². The maximum atomic E-state index is 3.93. The third-order valence-electron chi connectivity index (χ3n) is 3.06. The van der Waals surface area contributed by atoms with Crippen molar-refractivity contribution < 1.29 is 0 Å². The summed E-state index contributed by atoms with van der Waals surface area (Å²) in [7, 11) is 0. The number of H-pyrrole nitrogens is 1. The molecule has 0 spiro atoms. The van der Waals surface area contributed by atoms with Gasteiger partial charge in [0.2, 0.25) is 0 Å². The Morgan fingerprint density at radius 1 is 1.24 bits per heavy atom. The first-order chi connectivity index (χ1) is 8.29. The molecule has 2 aromatic rings. The van der Waals surface area contributed by atoms with Gasteiger partial charge in [-0.3, -0.25) is 5.10 Å². The third kappa shape index (κ3) is 3.17. The van der Waals surface area contributed by atoms with E-state index in [2.05, 4.69) is 53.6 Å². The van der Waals surface area contributed by atoms with Gasteiger partial charge in [0.25, 0.3) is 0 Å². The summed E-state index contributed by atoms with van der Waals surface area (Å²) in [6.07, 6.45) is 4.86. The summed E-state index contributed by atoms with van der Waals surface area (Å²) in [4.78, 5) is 0. The van der Waals surface area contributed by atoms with Gasteiger partial charge >= 0.3 is 0 Å². The van der Waals surface area contributed by atoms with Crippen molar-refractivity contribution in [3.63, 3.8) is 0 Å². The van der Waals surface area contributed by atoms with Crippen molar-refractivity contribution in [2.24, 2.45) is 0 Å². The fourth-order valence-electron chi connectivity index (χ4n) is 1.81. The fourth-order valence-corrected chi connectivity index (χ4v) is 1.81. The Kier molecular flexibility index (Phi) is 3.94. The number of nitrogens with zero attached hydrogens (tertiary/aromatic N) is 1. The predicted octanol–water partition coefficient (Wildman–Crippen LogP) is 2.82. The van der Waals surface area contributed by atoms with Crippen LogP contribution in [-0.4, -0.2) is 10.2 Å². The first-order valence-electron chi connectivity index (χ1n) is 6.09. The quantitative estimate of drug-likeness (QED) is 0.827. The Morgan fingerprint density at radius 2 is 2.00 bits per heavy atom. The lowest BCUT2D eigenvalue weighted by atomic mass is 10.0. The molecule has 2 N–H and O–H groups in total. The van der Waals surface area contributed by atoms with Crippen molar-refractivity contribution in [1.29, 1.82) is 0 Å². The molecule has 1 unspecified atom stereocenters. The van der Waals surface area contributed by atoms with E-state index in [9.17, 15) is 0 Å². The van der Waals surface area contributed by atoms with Gasteiger partial charge < -0.3 is 5.32 Å². The molecule has 0 aliphatic rings. The second kappa shape index (κ2) is 5.64. The SMILES string of the molecule is CCc1ccc(C(C)NCc2cn[nH]c2)cc1. The van der Waals surface area contributed by atoms with Crippen LogP contribution in [-0.2, 0) is 13.0 Å². The van der Waals surface area contributed by atoms with Crippen LogP contribution >= 0.6 is 0 Å². The molecular weight excluding hydrogens is 210 g/mol. The van der Waals surface area contributed by atoms with E-state index in [0.29, 0.717) is 6.04 Å². The Hall–Kier alpha value is -1.61. The zero-order chi connectivity index (χ0) is 12.1. The highest BCUT2D eigenvalue weighted by Gasteiger charge is 2.04. The summed E-state index contributed by atoms with van der Waals surface area (Å²) in [6, 6.07) is 9.16. The zero-order valence-electron chi connectivity index (χ0n) is 10.4. The van der Waals surface area contributed by atoms with Gasteiger partial charge in [-0.25, -0.2) is 0 Å². The summed E-state index contributed by atoms with van der Waals surface area (Å²) in [5, 5.41) is 10.2. The van der Waals surface area contributed by atoms with Gasteiger partial charge in [0.15, 0.2) is 0 Å². The lowest BCUT2D eigenvalue weighted by Gasteiger charge is -2.14. The highest BCUT2D eigenvalue weighted by molar-refractivity contribution is 5.24. The molecule has 0 aliphatic carbocycles. The number of hydrogen-bond donors (Lipinski definition) is 2. The third-order valence-corrected chi connectivity index (χ3v) is 3.06. The first kappa shape index (κ1) is 11.9. The lowest BCUT2D eigenvalue weighted by Crippen LogP contribution is -2.17. The average molecular weight is 229 g/mol. The number of nitrogens with one attached hydrogen (secondary N) is 2. The Balaban J connectivity index is 1.92. The fraction of sp³-hybridized carbons (Fsp3) is 0.357. The highest BCUT2D eigenvalue weighted by atomic mass is 15.1. The van der Waals surface area contributed by atoms with E-state index in [1.165, 1.54) is 16.7 Å². The van der Waals surface area contributed by atoms with Gasteiger partial charge in [0, 0.05) is 24.3 Å². The largest absolute Gasteiger partial charge is 0.306 e. The van der Waals surface area contributed by atoms with Crippen LogP contribution in [0.25, 0.3) is 0 Å². The van der Waals surface area contributed by atoms with E-state index >= 15 is 0 Å². The van der Waals surface area contributed by atoms with E-state index in [1.807, 2.05) is 12.4 Å². The zero-order valence-corrected chi connectivity index (χ0v) is 10.4. The van der Waals surface area contributed by atoms with Crippen molar-refractivity contribution in [3.05, 3.63) is 53.3 Å². The van der Waals surface area contributed by atoms with Gasteiger partial charge in [-0.2, -0.15) is 5.10 Å². The molecule has 3 heteroatoms. The molecule has 0 amide bonds. The second-order valence-corrected chi connectivity index (χ2v) is 4.30. The van der Waals surface area contributed by atoms with Crippen LogP contribution in [0.3, 0.4) is 0 Å². The molecule has 0 bridgehead atoms. The molecule has 2 rings (SSSR count). The lowest BCUT2D eigenvalue weighted by molar-refractivity contribution is 0.574. The standard InChI is InChI=1S/C14H19N3/c1-3-12-4-6-14(7-5-12)11(2)15-8-13-9-16-17-10-13/h4-7,9-11,15H,3,8H2,1-2H3,(H,16,17). The van der Waals surface area contributed by atoms with Crippen molar-refractivity contribution in [1.82, 2.24) is 15.5 Å². The number of aryl methyl sites for hydroxylation is 1. The van der Waals surface area contributed by atoms with Crippen LogP contribution in [0.5, 0.6) is 0 Å². The van der Waals surface area contributed by atoms with Crippen LogP contribution in [0.1, 0.15) is 36.6 Å². The Morgan fingerprint density at radius 3 is 2.59 bits per heavy atom.